The van der Waals surface area contributed by atoms with E-state index in [1.807, 2.05) is 26.0 Å². The summed E-state index contributed by atoms with van der Waals surface area (Å²) in [7, 11) is 1.77. The maximum Gasteiger partial charge on any atom is 0.433 e. The van der Waals surface area contributed by atoms with Gasteiger partial charge in [-0.05, 0) is 47.7 Å². The molecule has 0 aliphatic carbocycles. The summed E-state index contributed by atoms with van der Waals surface area (Å²) in [5, 5.41) is 6.34. The van der Waals surface area contributed by atoms with Gasteiger partial charge in [-0.2, -0.15) is 13.2 Å². The van der Waals surface area contributed by atoms with Crippen LogP contribution >= 0.6 is 11.6 Å². The van der Waals surface area contributed by atoms with Crippen LogP contribution in [0.5, 0.6) is 0 Å². The first kappa shape index (κ1) is 24.7. The Morgan fingerprint density at radius 1 is 1.16 bits per heavy atom. The average molecular weight is 454 g/mol. The van der Waals surface area contributed by atoms with Crippen LogP contribution in [0.3, 0.4) is 0 Å². The number of hydrogen-bond donors (Lipinski definition) is 2. The predicted octanol–water partition coefficient (Wildman–Crippen LogP) is 6.25. The Bertz CT molecular complexity index is 942. The van der Waals surface area contributed by atoms with Gasteiger partial charge in [0.2, 0.25) is 5.91 Å². The van der Waals surface area contributed by atoms with E-state index < -0.39 is 11.9 Å². The maximum atomic E-state index is 13.1. The lowest BCUT2D eigenvalue weighted by molar-refractivity contribution is -0.141. The molecule has 1 heterocycles. The molecule has 1 aromatic carbocycles. The van der Waals surface area contributed by atoms with Crippen LogP contribution in [0, 0.1) is 0 Å². The predicted molar refractivity (Wildman–Crippen MR) is 119 cm³/mol. The lowest BCUT2D eigenvalue weighted by Gasteiger charge is -2.15. The molecule has 0 unspecified atom stereocenters. The highest BCUT2D eigenvalue weighted by Crippen LogP contribution is 2.31. The molecule has 0 aliphatic rings. The van der Waals surface area contributed by atoms with Gasteiger partial charge in [-0.15, -0.1) is 0 Å². The number of carbonyl (C=O) groups is 1. The van der Waals surface area contributed by atoms with Gasteiger partial charge in [0, 0.05) is 25.4 Å². The van der Waals surface area contributed by atoms with E-state index >= 15 is 0 Å². The molecule has 0 atom stereocenters. The SMILES string of the molecule is CCC/C(=C\C(=O)NCc1ccc(NC)c(Cl)c1)c1ccc(C(F)(F)F)nc1CCC. The minimum atomic E-state index is -4.50. The number of pyridine rings is 1. The van der Waals surface area contributed by atoms with Crippen molar-refractivity contribution in [2.75, 3.05) is 12.4 Å². The quantitative estimate of drug-likeness (QED) is 0.441. The van der Waals surface area contributed by atoms with Crippen LogP contribution in [-0.2, 0) is 23.9 Å². The molecule has 0 bridgehead atoms. The first-order valence-electron chi connectivity index (χ1n) is 10.2. The Kier molecular flexibility index (Phi) is 8.92. The van der Waals surface area contributed by atoms with Crippen LogP contribution in [0.2, 0.25) is 5.02 Å². The molecular weight excluding hydrogens is 427 g/mol. The summed E-state index contributed by atoms with van der Waals surface area (Å²) in [6.07, 6.45) is -0.700. The van der Waals surface area contributed by atoms with Gasteiger partial charge < -0.3 is 10.6 Å². The summed E-state index contributed by atoms with van der Waals surface area (Å²) in [4.78, 5) is 16.4. The number of aromatic nitrogens is 1. The number of aryl methyl sites for hydroxylation is 1. The molecule has 0 saturated carbocycles. The normalized spacial score (nSPS) is 12.0. The molecule has 2 N–H and O–H groups in total. The van der Waals surface area contributed by atoms with E-state index in [4.69, 9.17) is 11.6 Å². The van der Waals surface area contributed by atoms with Crippen molar-refractivity contribution in [3.8, 4) is 0 Å². The van der Waals surface area contributed by atoms with Gasteiger partial charge in [0.25, 0.3) is 0 Å². The number of amides is 1. The van der Waals surface area contributed by atoms with Crippen molar-refractivity contribution in [2.45, 2.75) is 52.3 Å². The summed E-state index contributed by atoms with van der Waals surface area (Å²) in [6, 6.07) is 7.84. The summed E-state index contributed by atoms with van der Waals surface area (Å²) >= 11 is 6.17. The summed E-state index contributed by atoms with van der Waals surface area (Å²) in [5.41, 5.74) is 2.34. The van der Waals surface area contributed by atoms with Crippen LogP contribution in [0.15, 0.2) is 36.4 Å². The van der Waals surface area contributed by atoms with E-state index in [0.717, 1.165) is 23.7 Å². The van der Waals surface area contributed by atoms with Gasteiger partial charge in [-0.1, -0.05) is 50.4 Å². The molecule has 8 heteroatoms. The molecule has 0 fully saturated rings. The molecule has 1 aromatic heterocycles. The Labute approximate surface area is 185 Å². The van der Waals surface area contributed by atoms with E-state index in [0.29, 0.717) is 41.1 Å². The number of halogens is 4. The third-order valence-corrected chi connectivity index (χ3v) is 5.00. The van der Waals surface area contributed by atoms with Gasteiger partial charge >= 0.3 is 6.18 Å². The van der Waals surface area contributed by atoms with Crippen LogP contribution in [0.25, 0.3) is 5.57 Å². The summed E-state index contributed by atoms with van der Waals surface area (Å²) in [5.74, 6) is -0.320. The monoisotopic (exact) mass is 453 g/mol. The lowest BCUT2D eigenvalue weighted by atomic mass is 9.96. The second kappa shape index (κ2) is 11.2. The average Bonchev–Trinajstić information content (AvgIpc) is 2.71. The number of rotatable bonds is 9. The number of allylic oxidation sites excluding steroid dienone is 1. The Balaban J connectivity index is 2.25. The van der Waals surface area contributed by atoms with Crippen molar-refractivity contribution in [2.24, 2.45) is 0 Å². The summed E-state index contributed by atoms with van der Waals surface area (Å²) < 4.78 is 39.2. The van der Waals surface area contributed by atoms with Crippen LogP contribution in [-0.4, -0.2) is 17.9 Å². The zero-order valence-electron chi connectivity index (χ0n) is 17.9. The zero-order valence-corrected chi connectivity index (χ0v) is 18.6. The van der Waals surface area contributed by atoms with Crippen LogP contribution in [0.4, 0.5) is 18.9 Å². The minimum Gasteiger partial charge on any atom is -0.387 e. The number of nitrogens with zero attached hydrogens (tertiary/aromatic N) is 1. The Hall–Kier alpha value is -2.54. The molecule has 0 saturated heterocycles. The topological polar surface area (TPSA) is 54.0 Å². The van der Waals surface area contributed by atoms with Crippen LogP contribution in [0.1, 0.15) is 55.6 Å². The molecule has 168 valence electrons. The van der Waals surface area contributed by atoms with Crippen molar-refractivity contribution >= 4 is 28.8 Å². The Morgan fingerprint density at radius 3 is 2.48 bits per heavy atom. The smallest absolute Gasteiger partial charge is 0.387 e. The van der Waals surface area contributed by atoms with Gasteiger partial charge in [0.05, 0.1) is 10.7 Å². The maximum absolute atomic E-state index is 13.1. The third kappa shape index (κ3) is 6.99. The van der Waals surface area contributed by atoms with E-state index in [1.165, 1.54) is 12.1 Å². The fraction of sp³-hybridized carbons (Fsp3) is 0.391. The summed E-state index contributed by atoms with van der Waals surface area (Å²) in [6.45, 7) is 4.12. The van der Waals surface area contributed by atoms with Crippen molar-refractivity contribution in [1.29, 1.82) is 0 Å². The number of alkyl halides is 3. The molecule has 31 heavy (non-hydrogen) atoms. The van der Waals surface area contributed by atoms with Gasteiger partial charge in [-0.25, -0.2) is 4.98 Å². The number of benzene rings is 1. The minimum absolute atomic E-state index is 0.283. The number of hydrogen-bond acceptors (Lipinski definition) is 3. The molecule has 4 nitrogen and oxygen atoms in total. The van der Waals surface area contributed by atoms with Crippen molar-refractivity contribution < 1.29 is 18.0 Å². The van der Waals surface area contributed by atoms with Gasteiger partial charge in [-0.3, -0.25) is 4.79 Å². The van der Waals surface area contributed by atoms with E-state index in [1.54, 1.807) is 13.1 Å². The number of nitrogens with one attached hydrogen (secondary N) is 2. The van der Waals surface area contributed by atoms with Gasteiger partial charge in [0.15, 0.2) is 0 Å². The molecule has 2 aromatic rings. The molecule has 0 spiro atoms. The highest BCUT2D eigenvalue weighted by Gasteiger charge is 2.33. The van der Waals surface area contributed by atoms with Crippen molar-refractivity contribution in [3.05, 3.63) is 63.9 Å². The van der Waals surface area contributed by atoms with E-state index in [2.05, 4.69) is 15.6 Å². The van der Waals surface area contributed by atoms with Crippen molar-refractivity contribution in [3.63, 3.8) is 0 Å². The third-order valence-electron chi connectivity index (χ3n) is 4.69. The number of carbonyl (C=O) groups excluding carboxylic acids is 1. The fourth-order valence-electron chi connectivity index (χ4n) is 3.20. The lowest BCUT2D eigenvalue weighted by Crippen LogP contribution is -2.21. The largest absolute Gasteiger partial charge is 0.433 e. The molecular formula is C23H27ClF3N3O. The zero-order chi connectivity index (χ0) is 23.0. The number of anilines is 1. The van der Waals surface area contributed by atoms with E-state index in [9.17, 15) is 18.0 Å². The highest BCUT2D eigenvalue weighted by molar-refractivity contribution is 6.33. The second-order valence-corrected chi connectivity index (χ2v) is 7.55. The molecule has 0 aliphatic heterocycles. The Morgan fingerprint density at radius 2 is 1.90 bits per heavy atom. The fourth-order valence-corrected chi connectivity index (χ4v) is 3.50. The standard InChI is InChI=1S/C23H27ClF3N3O/c1-4-6-16(17-9-11-21(23(25,26)27)30-19(17)7-5-2)13-22(31)29-14-15-8-10-20(28-3)18(24)12-15/h8-13,28H,4-7,14H2,1-3H3,(H,29,31)/b16-13+. The van der Waals surface area contributed by atoms with E-state index in [-0.39, 0.29) is 12.5 Å². The second-order valence-electron chi connectivity index (χ2n) is 7.14. The molecule has 2 rings (SSSR count). The molecule has 0 radical (unpaired) electrons. The van der Waals surface area contributed by atoms with Gasteiger partial charge in [0.1, 0.15) is 5.69 Å². The first-order chi connectivity index (χ1) is 14.7. The van der Waals surface area contributed by atoms with Crippen LogP contribution < -0.4 is 10.6 Å². The first-order valence-corrected chi connectivity index (χ1v) is 10.6. The highest BCUT2D eigenvalue weighted by atomic mass is 35.5. The molecule has 1 amide bonds. The van der Waals surface area contributed by atoms with Crippen molar-refractivity contribution in [1.82, 2.24) is 10.3 Å².